The van der Waals surface area contributed by atoms with Gasteiger partial charge in [0.2, 0.25) is 0 Å². The van der Waals surface area contributed by atoms with Gasteiger partial charge < -0.3 is 4.74 Å². The van der Waals surface area contributed by atoms with Crippen molar-refractivity contribution >= 4 is 38.0 Å². The molecule has 7 nitrogen and oxygen atoms in total. The number of hydrogen-bond acceptors (Lipinski definition) is 6. The number of ether oxygens (including phenoxy) is 1. The Morgan fingerprint density at radius 3 is 2.73 bits per heavy atom. The van der Waals surface area contributed by atoms with Crippen molar-refractivity contribution in [3.8, 4) is 0 Å². The van der Waals surface area contributed by atoms with Crippen LogP contribution in [0.4, 0.5) is 5.69 Å². The van der Waals surface area contributed by atoms with E-state index >= 15 is 0 Å². The zero-order valence-corrected chi connectivity index (χ0v) is 16.4. The number of thiazole rings is 1. The minimum absolute atomic E-state index is 0.0598. The van der Waals surface area contributed by atoms with Gasteiger partial charge in [-0.15, -0.1) is 11.3 Å². The van der Waals surface area contributed by atoms with Crippen LogP contribution in [0.2, 0.25) is 0 Å². The summed E-state index contributed by atoms with van der Waals surface area (Å²) >= 11 is 1.43. The van der Waals surface area contributed by atoms with E-state index in [0.717, 1.165) is 4.88 Å². The van der Waals surface area contributed by atoms with Crippen LogP contribution in [-0.4, -0.2) is 30.9 Å². The summed E-state index contributed by atoms with van der Waals surface area (Å²) in [5.74, 6) is -0.593. The number of carbonyl (C=O) groups excluding carboxylic acids is 1. The molecule has 3 aromatic rings. The molecule has 2 heterocycles. The van der Waals surface area contributed by atoms with Crippen LogP contribution in [0.1, 0.15) is 40.7 Å². The van der Waals surface area contributed by atoms with Crippen LogP contribution >= 0.6 is 11.3 Å². The third-order valence-electron chi connectivity index (χ3n) is 3.76. The second-order valence-electron chi connectivity index (χ2n) is 6.13. The Hall–Kier alpha value is -2.39. The number of hydrogen-bond donors (Lipinski definition) is 1. The van der Waals surface area contributed by atoms with Crippen molar-refractivity contribution in [3.63, 3.8) is 0 Å². The van der Waals surface area contributed by atoms with Gasteiger partial charge in [0, 0.05) is 16.8 Å². The number of methoxy groups -OCH3 is 1. The van der Waals surface area contributed by atoms with Crippen molar-refractivity contribution in [2.24, 2.45) is 0 Å². The molecule has 0 saturated carbocycles. The number of fused-ring (bicyclic) bond motifs is 1. The van der Waals surface area contributed by atoms with E-state index < -0.39 is 16.0 Å². The molecule has 0 spiro atoms. The first-order valence-electron chi connectivity index (χ1n) is 7.92. The van der Waals surface area contributed by atoms with Crippen LogP contribution in [0.5, 0.6) is 0 Å². The molecule has 0 saturated heterocycles. The van der Waals surface area contributed by atoms with E-state index in [0.29, 0.717) is 10.7 Å². The van der Waals surface area contributed by atoms with E-state index in [1.54, 1.807) is 28.8 Å². The molecule has 2 aromatic heterocycles. The predicted molar refractivity (Wildman–Crippen MR) is 100 cm³/mol. The largest absolute Gasteiger partial charge is 0.465 e. The normalized spacial score (nSPS) is 11.9. The van der Waals surface area contributed by atoms with E-state index in [2.05, 4.69) is 14.4 Å². The highest BCUT2D eigenvalue weighted by atomic mass is 32.2. The molecule has 0 bridgehead atoms. The van der Waals surface area contributed by atoms with Gasteiger partial charge in [0.1, 0.15) is 0 Å². The number of rotatable bonds is 5. The van der Waals surface area contributed by atoms with Gasteiger partial charge in [-0.05, 0) is 31.0 Å². The highest BCUT2D eigenvalue weighted by Gasteiger charge is 2.28. The minimum Gasteiger partial charge on any atom is -0.465 e. The van der Waals surface area contributed by atoms with Gasteiger partial charge in [-0.3, -0.25) is 9.12 Å². The van der Waals surface area contributed by atoms with E-state index in [1.807, 2.05) is 20.8 Å². The van der Waals surface area contributed by atoms with Crippen molar-refractivity contribution in [2.45, 2.75) is 31.7 Å². The Bertz CT molecular complexity index is 1080. The Labute approximate surface area is 155 Å². The molecule has 0 fully saturated rings. The fourth-order valence-electron chi connectivity index (χ4n) is 2.63. The summed E-state index contributed by atoms with van der Waals surface area (Å²) < 4.78 is 35.0. The molecule has 0 radical (unpaired) electrons. The Balaban J connectivity index is 2.07. The second kappa shape index (κ2) is 6.73. The zero-order valence-electron chi connectivity index (χ0n) is 14.8. The Morgan fingerprint density at radius 2 is 2.08 bits per heavy atom. The van der Waals surface area contributed by atoms with Gasteiger partial charge >= 0.3 is 5.97 Å². The number of carbonyl (C=O) groups is 1. The predicted octanol–water partition coefficient (Wildman–Crippen LogP) is 3.42. The molecule has 138 valence electrons. The molecule has 0 atom stereocenters. The topological polar surface area (TPSA) is 89.8 Å². The van der Waals surface area contributed by atoms with Gasteiger partial charge in [0.15, 0.2) is 9.99 Å². The standard InChI is InChI=1S/C17H19N3O4S2/c1-10(2)14-15(20-9-11(3)25-17(20)18-14)26(22,23)19-13-7-5-6-12(8-13)16(21)24-4/h5-10,19H,1-4H3. The smallest absolute Gasteiger partial charge is 0.337 e. The lowest BCUT2D eigenvalue weighted by Gasteiger charge is -2.11. The molecule has 0 aliphatic heterocycles. The number of benzene rings is 1. The molecule has 9 heteroatoms. The summed E-state index contributed by atoms with van der Waals surface area (Å²) in [7, 11) is -2.63. The lowest BCUT2D eigenvalue weighted by Crippen LogP contribution is -2.17. The maximum atomic E-state index is 13.1. The molecule has 0 aliphatic carbocycles. The average molecular weight is 393 g/mol. The van der Waals surface area contributed by atoms with Crippen molar-refractivity contribution in [2.75, 3.05) is 11.8 Å². The monoisotopic (exact) mass is 393 g/mol. The fraction of sp³-hybridized carbons (Fsp3) is 0.294. The summed E-state index contributed by atoms with van der Waals surface area (Å²) in [5.41, 5.74) is 1.05. The van der Waals surface area contributed by atoms with Crippen LogP contribution in [0.25, 0.3) is 4.96 Å². The summed E-state index contributed by atoms with van der Waals surface area (Å²) in [6.07, 6.45) is 1.76. The van der Waals surface area contributed by atoms with Crippen molar-refractivity contribution in [1.82, 2.24) is 9.38 Å². The van der Waals surface area contributed by atoms with E-state index in [4.69, 9.17) is 0 Å². The number of nitrogens with zero attached hydrogens (tertiary/aromatic N) is 2. The first-order valence-corrected chi connectivity index (χ1v) is 10.2. The third kappa shape index (κ3) is 3.32. The van der Waals surface area contributed by atoms with E-state index in [-0.39, 0.29) is 22.2 Å². The number of sulfonamides is 1. The number of aryl methyl sites for hydroxylation is 1. The molecule has 1 aromatic carbocycles. The average Bonchev–Trinajstić information content (AvgIpc) is 3.09. The lowest BCUT2D eigenvalue weighted by molar-refractivity contribution is 0.0601. The van der Waals surface area contributed by atoms with Gasteiger partial charge in [0.05, 0.1) is 18.4 Å². The highest BCUT2D eigenvalue weighted by Crippen LogP contribution is 2.30. The van der Waals surface area contributed by atoms with E-state index in [9.17, 15) is 13.2 Å². The summed E-state index contributed by atoms with van der Waals surface area (Å²) in [6, 6.07) is 6.17. The molecule has 0 unspecified atom stereocenters. The number of anilines is 1. The number of esters is 1. The lowest BCUT2D eigenvalue weighted by atomic mass is 10.2. The molecule has 3 rings (SSSR count). The van der Waals surface area contributed by atoms with Crippen LogP contribution in [0.3, 0.4) is 0 Å². The quantitative estimate of drug-likeness (QED) is 0.671. The van der Waals surface area contributed by atoms with Gasteiger partial charge in [-0.2, -0.15) is 8.42 Å². The maximum absolute atomic E-state index is 13.1. The molecule has 26 heavy (non-hydrogen) atoms. The van der Waals surface area contributed by atoms with Crippen LogP contribution in [0, 0.1) is 6.92 Å². The number of imidazole rings is 1. The van der Waals surface area contributed by atoms with Crippen molar-refractivity contribution in [1.29, 1.82) is 0 Å². The molecule has 0 amide bonds. The fourth-order valence-corrected chi connectivity index (χ4v) is 5.01. The molecular weight excluding hydrogens is 374 g/mol. The Kier molecular flexibility index (Phi) is 4.76. The van der Waals surface area contributed by atoms with Gasteiger partial charge in [-0.1, -0.05) is 19.9 Å². The SMILES string of the molecule is COC(=O)c1cccc(NS(=O)(=O)c2c(C(C)C)nc3sc(C)cn23)c1. The van der Waals surface area contributed by atoms with E-state index in [1.165, 1.54) is 24.5 Å². The molecular formula is C17H19N3O4S2. The third-order valence-corrected chi connectivity index (χ3v) is 6.08. The van der Waals surface area contributed by atoms with Crippen LogP contribution in [0.15, 0.2) is 35.5 Å². The summed E-state index contributed by atoms with van der Waals surface area (Å²) in [6.45, 7) is 5.70. The number of nitrogens with one attached hydrogen (secondary N) is 1. The number of aromatic nitrogens is 2. The summed E-state index contributed by atoms with van der Waals surface area (Å²) in [4.78, 5) is 17.8. The first-order chi connectivity index (χ1) is 12.2. The molecule has 1 N–H and O–H groups in total. The maximum Gasteiger partial charge on any atom is 0.337 e. The van der Waals surface area contributed by atoms with Gasteiger partial charge in [-0.25, -0.2) is 9.78 Å². The van der Waals surface area contributed by atoms with Crippen LogP contribution < -0.4 is 4.72 Å². The summed E-state index contributed by atoms with van der Waals surface area (Å²) in [5, 5.41) is 0.121. The minimum atomic E-state index is -3.90. The first kappa shape index (κ1) is 18.4. The molecule has 0 aliphatic rings. The highest BCUT2D eigenvalue weighted by molar-refractivity contribution is 7.92. The second-order valence-corrected chi connectivity index (χ2v) is 8.94. The van der Waals surface area contributed by atoms with Crippen molar-refractivity contribution < 1.29 is 17.9 Å². The van der Waals surface area contributed by atoms with Crippen LogP contribution in [-0.2, 0) is 14.8 Å². The van der Waals surface area contributed by atoms with Crippen molar-refractivity contribution in [3.05, 3.63) is 46.6 Å². The van der Waals surface area contributed by atoms with Gasteiger partial charge in [0.25, 0.3) is 10.0 Å². The Morgan fingerprint density at radius 1 is 1.35 bits per heavy atom. The zero-order chi connectivity index (χ0) is 19.1.